The summed E-state index contributed by atoms with van der Waals surface area (Å²) in [6.45, 7) is 7.55. The van der Waals surface area contributed by atoms with Gasteiger partial charge in [-0.05, 0) is 54.1 Å². The summed E-state index contributed by atoms with van der Waals surface area (Å²) >= 11 is -2.54. The number of carboxylic acid groups (broad SMARTS) is 1. The number of fused-ring (bicyclic) bond motifs is 1. The van der Waals surface area contributed by atoms with E-state index in [9.17, 15) is 18.4 Å². The lowest BCUT2D eigenvalue weighted by atomic mass is 9.95. The number of carbonyl (C=O) groups excluding carboxylic acids is 1. The summed E-state index contributed by atoms with van der Waals surface area (Å²) in [7, 11) is 0. The third kappa shape index (κ3) is 6.91. The zero-order chi connectivity index (χ0) is 28.1. The lowest BCUT2D eigenvalue weighted by Gasteiger charge is -2.44. The number of rotatable bonds is 8. The van der Waals surface area contributed by atoms with Crippen molar-refractivity contribution in [2.24, 2.45) is 5.92 Å². The predicted octanol–water partition coefficient (Wildman–Crippen LogP) is 4.07. The van der Waals surface area contributed by atoms with Gasteiger partial charge < -0.3 is 14.6 Å². The molecular weight excluding hydrogens is 514 g/mol. The van der Waals surface area contributed by atoms with Crippen LogP contribution in [0.15, 0.2) is 60.7 Å². The van der Waals surface area contributed by atoms with Crippen LogP contribution in [0.2, 0.25) is 0 Å². The van der Waals surface area contributed by atoms with Gasteiger partial charge in [0.1, 0.15) is 0 Å². The molecule has 1 fully saturated rings. The summed E-state index contributed by atoms with van der Waals surface area (Å²) in [5.74, 6) is 5.46. The normalized spacial score (nSPS) is 15.7. The highest BCUT2D eigenvalue weighted by molar-refractivity contribution is 7.76. The standard InChI is InChI=1S/C30H33N3O5S/c1-21(2)30(36)28-6-4-5-25-20-24(11-14-27(25)28)8-7-23-9-12-26(13-10-23)31-15-17-32(18-16-31)33(39(37)38)22(3)19-29(34)35/h4-6,9-14,20-22H,15-19H2,1-3H3,(H,34,35)(H,37,38)/p-1. The van der Waals surface area contributed by atoms with Gasteiger partial charge in [0.2, 0.25) is 0 Å². The molecule has 0 bridgehead atoms. The van der Waals surface area contributed by atoms with E-state index < -0.39 is 23.3 Å². The Bertz CT molecular complexity index is 1440. The molecule has 2 atom stereocenters. The molecule has 3 aromatic rings. The van der Waals surface area contributed by atoms with Crippen molar-refractivity contribution in [2.75, 3.05) is 31.1 Å². The van der Waals surface area contributed by atoms with E-state index in [1.54, 1.807) is 11.9 Å². The van der Waals surface area contributed by atoms with Gasteiger partial charge in [-0.3, -0.25) is 13.8 Å². The zero-order valence-electron chi connectivity index (χ0n) is 22.3. The van der Waals surface area contributed by atoms with Crippen molar-refractivity contribution >= 4 is 39.5 Å². The van der Waals surface area contributed by atoms with Gasteiger partial charge in [0.25, 0.3) is 0 Å². The number of carboxylic acids is 1. The first-order valence-corrected chi connectivity index (χ1v) is 14.0. The molecule has 1 heterocycles. The number of hydrogen-bond donors (Lipinski definition) is 1. The van der Waals surface area contributed by atoms with Gasteiger partial charge in [0.15, 0.2) is 5.78 Å². The fourth-order valence-electron chi connectivity index (χ4n) is 4.79. The van der Waals surface area contributed by atoms with Crippen molar-refractivity contribution < 1.29 is 23.5 Å². The van der Waals surface area contributed by atoms with Crippen molar-refractivity contribution in [3.8, 4) is 11.8 Å². The Hall–Kier alpha value is -3.55. The fraction of sp³-hybridized carbons (Fsp3) is 0.333. The van der Waals surface area contributed by atoms with Crippen molar-refractivity contribution in [2.45, 2.75) is 33.2 Å². The van der Waals surface area contributed by atoms with Crippen LogP contribution in [-0.2, 0) is 16.1 Å². The maximum absolute atomic E-state index is 12.6. The third-order valence-electron chi connectivity index (χ3n) is 6.79. The minimum Gasteiger partial charge on any atom is -0.759 e. The van der Waals surface area contributed by atoms with Crippen molar-refractivity contribution in [3.05, 3.63) is 77.4 Å². The number of anilines is 1. The maximum Gasteiger partial charge on any atom is 0.305 e. The Balaban J connectivity index is 1.41. The van der Waals surface area contributed by atoms with E-state index in [0.29, 0.717) is 26.2 Å². The molecule has 204 valence electrons. The van der Waals surface area contributed by atoms with Gasteiger partial charge in [-0.2, -0.15) is 4.41 Å². The fourth-order valence-corrected chi connectivity index (χ4v) is 5.51. The van der Waals surface area contributed by atoms with Crippen LogP contribution in [0.4, 0.5) is 5.69 Å². The zero-order valence-corrected chi connectivity index (χ0v) is 23.1. The second-order valence-corrected chi connectivity index (χ2v) is 10.8. The monoisotopic (exact) mass is 546 g/mol. The van der Waals surface area contributed by atoms with Crippen LogP contribution in [0.5, 0.6) is 0 Å². The van der Waals surface area contributed by atoms with Crippen molar-refractivity contribution in [1.82, 2.24) is 9.42 Å². The number of ketones is 1. The Kier molecular flexibility index (Phi) is 9.15. The Morgan fingerprint density at radius 2 is 1.62 bits per heavy atom. The molecule has 0 amide bonds. The molecule has 8 nitrogen and oxygen atoms in total. The maximum atomic E-state index is 12.6. The summed E-state index contributed by atoms with van der Waals surface area (Å²) in [4.78, 5) is 25.8. The van der Waals surface area contributed by atoms with E-state index in [0.717, 1.165) is 37.6 Å². The molecule has 39 heavy (non-hydrogen) atoms. The Labute approximate surface area is 231 Å². The number of hydrazine groups is 1. The lowest BCUT2D eigenvalue weighted by Crippen LogP contribution is -2.57. The van der Waals surface area contributed by atoms with E-state index >= 15 is 0 Å². The quantitative estimate of drug-likeness (QED) is 0.258. The topological polar surface area (TPSA) is 104 Å². The molecule has 0 aromatic heterocycles. The molecule has 1 saturated heterocycles. The van der Waals surface area contributed by atoms with Gasteiger partial charge in [-0.25, -0.2) is 5.01 Å². The highest BCUT2D eigenvalue weighted by Crippen LogP contribution is 2.23. The van der Waals surface area contributed by atoms with Crippen LogP contribution in [-0.4, -0.2) is 67.3 Å². The van der Waals surface area contributed by atoms with E-state index in [1.807, 2.05) is 74.5 Å². The van der Waals surface area contributed by atoms with Crippen LogP contribution in [0.1, 0.15) is 48.7 Å². The number of Topliss-reactive ketones (excluding diaryl/α,β-unsaturated/α-hetero) is 1. The molecule has 1 aliphatic rings. The van der Waals surface area contributed by atoms with E-state index in [-0.39, 0.29) is 18.1 Å². The molecule has 0 aliphatic carbocycles. The number of carbonyl (C=O) groups is 2. The first-order valence-electron chi connectivity index (χ1n) is 12.9. The van der Waals surface area contributed by atoms with E-state index in [2.05, 4.69) is 16.7 Å². The summed E-state index contributed by atoms with van der Waals surface area (Å²) in [6, 6.07) is 18.9. The van der Waals surface area contributed by atoms with Gasteiger partial charge in [-0.15, -0.1) is 0 Å². The minimum atomic E-state index is -2.54. The highest BCUT2D eigenvalue weighted by Gasteiger charge is 2.28. The Morgan fingerprint density at radius 3 is 2.23 bits per heavy atom. The number of hydrogen-bond acceptors (Lipinski definition) is 6. The number of aliphatic carboxylic acids is 1. The highest BCUT2D eigenvalue weighted by atomic mass is 32.2. The molecule has 0 saturated carbocycles. The lowest BCUT2D eigenvalue weighted by molar-refractivity contribution is -0.139. The average molecular weight is 547 g/mol. The number of nitrogens with zero attached hydrogens (tertiary/aromatic N) is 3. The molecule has 3 aromatic carbocycles. The molecule has 1 N–H and O–H groups in total. The van der Waals surface area contributed by atoms with Crippen molar-refractivity contribution in [3.63, 3.8) is 0 Å². The van der Waals surface area contributed by atoms with E-state index in [1.165, 1.54) is 0 Å². The van der Waals surface area contributed by atoms with Crippen LogP contribution in [0, 0.1) is 17.8 Å². The average Bonchev–Trinajstić information content (AvgIpc) is 2.91. The number of benzene rings is 3. The first-order chi connectivity index (χ1) is 18.6. The van der Waals surface area contributed by atoms with Crippen LogP contribution in [0.25, 0.3) is 10.8 Å². The second-order valence-electron chi connectivity index (χ2n) is 9.96. The van der Waals surface area contributed by atoms with E-state index in [4.69, 9.17) is 5.11 Å². The number of piperazine rings is 1. The smallest absolute Gasteiger partial charge is 0.305 e. The molecule has 9 heteroatoms. The van der Waals surface area contributed by atoms with Gasteiger partial charge in [0.05, 0.1) is 6.42 Å². The van der Waals surface area contributed by atoms with Gasteiger partial charge in [0, 0.05) is 71.8 Å². The van der Waals surface area contributed by atoms with Crippen LogP contribution in [0.3, 0.4) is 0 Å². The molecule has 4 rings (SSSR count). The molecular formula is C30H32N3O5S-. The van der Waals surface area contributed by atoms with Crippen LogP contribution < -0.4 is 4.90 Å². The second kappa shape index (κ2) is 12.5. The summed E-state index contributed by atoms with van der Waals surface area (Å²) in [6.07, 6.45) is -0.255. The molecule has 0 radical (unpaired) electrons. The summed E-state index contributed by atoms with van der Waals surface area (Å²) < 4.78 is 24.7. The largest absolute Gasteiger partial charge is 0.759 e. The SMILES string of the molecule is CC(C)C(=O)c1cccc2cc(C#Cc3ccc(N4CCN(N(C(C)CC(=O)O)S(=O)[O-])CC4)cc3)ccc12. The molecule has 1 aliphatic heterocycles. The first kappa shape index (κ1) is 28.5. The van der Waals surface area contributed by atoms with Gasteiger partial charge in [-0.1, -0.05) is 50.0 Å². The molecule has 0 spiro atoms. The Morgan fingerprint density at radius 1 is 0.974 bits per heavy atom. The minimum absolute atomic E-state index is 0.0625. The predicted molar refractivity (Wildman–Crippen MR) is 152 cm³/mol. The van der Waals surface area contributed by atoms with Crippen molar-refractivity contribution in [1.29, 1.82) is 0 Å². The molecule has 2 unspecified atom stereocenters. The summed E-state index contributed by atoms with van der Waals surface area (Å²) in [5.41, 5.74) is 3.50. The van der Waals surface area contributed by atoms with Gasteiger partial charge >= 0.3 is 5.97 Å². The third-order valence-corrected chi connectivity index (χ3v) is 7.68. The summed E-state index contributed by atoms with van der Waals surface area (Å²) in [5, 5.41) is 12.7. The van der Waals surface area contributed by atoms with Crippen LogP contribution >= 0.6 is 0 Å².